The number of fused-ring (bicyclic) bond motifs is 1. The molecule has 2 aromatic rings. The molecule has 0 atom stereocenters. The predicted molar refractivity (Wildman–Crippen MR) is 88.3 cm³/mol. The van der Waals surface area contributed by atoms with Crippen molar-refractivity contribution in [2.45, 2.75) is 13.8 Å². The maximum absolute atomic E-state index is 5.35. The largest absolute Gasteiger partial charge is 0.454 e. The molecule has 0 bridgehead atoms. The number of nitrogens with one attached hydrogen (secondary N) is 2. The molecule has 0 fully saturated rings. The fraction of sp³-hybridized carbons (Fsp3) is 0.188. The fourth-order valence-electron chi connectivity index (χ4n) is 2.13. The molecule has 1 heterocycles. The van der Waals surface area contributed by atoms with Gasteiger partial charge in [0.1, 0.15) is 0 Å². The molecule has 3 rings (SSSR count). The summed E-state index contributed by atoms with van der Waals surface area (Å²) in [6.07, 6.45) is 0. The van der Waals surface area contributed by atoms with Crippen molar-refractivity contribution >= 4 is 28.7 Å². The van der Waals surface area contributed by atoms with Crippen molar-refractivity contribution in [2.24, 2.45) is 0 Å². The molecule has 4 nitrogen and oxygen atoms in total. The lowest BCUT2D eigenvalue weighted by Crippen LogP contribution is -2.19. The number of aryl methyl sites for hydroxylation is 2. The van der Waals surface area contributed by atoms with E-state index in [1.165, 1.54) is 5.56 Å². The number of ether oxygens (including phenoxy) is 2. The first-order chi connectivity index (χ1) is 10.1. The van der Waals surface area contributed by atoms with Crippen LogP contribution >= 0.6 is 12.2 Å². The number of benzene rings is 2. The standard InChI is InChI=1S/C16H16N2O2S/c1-10-3-4-11(2)13(7-10)18-16(21)17-12-5-6-14-15(8-12)20-9-19-14/h3-8H,9H2,1-2H3,(H2,17,18,21). The Bertz CT molecular complexity index is 701. The van der Waals surface area contributed by atoms with E-state index >= 15 is 0 Å². The van der Waals surface area contributed by atoms with Gasteiger partial charge in [-0.15, -0.1) is 0 Å². The van der Waals surface area contributed by atoms with Crippen LogP contribution in [0.5, 0.6) is 11.5 Å². The molecule has 0 aliphatic carbocycles. The van der Waals surface area contributed by atoms with Crippen molar-refractivity contribution in [2.75, 3.05) is 17.4 Å². The number of thiocarbonyl (C=S) groups is 1. The van der Waals surface area contributed by atoms with Gasteiger partial charge in [-0.3, -0.25) is 0 Å². The van der Waals surface area contributed by atoms with Crippen molar-refractivity contribution in [3.8, 4) is 11.5 Å². The van der Waals surface area contributed by atoms with E-state index in [1.807, 2.05) is 25.1 Å². The first-order valence-electron chi connectivity index (χ1n) is 6.67. The summed E-state index contributed by atoms with van der Waals surface area (Å²) in [6, 6.07) is 11.9. The minimum atomic E-state index is 0.268. The molecule has 0 unspecified atom stereocenters. The first kappa shape index (κ1) is 13.7. The third kappa shape index (κ3) is 3.08. The van der Waals surface area contributed by atoms with Gasteiger partial charge in [0.05, 0.1) is 0 Å². The summed E-state index contributed by atoms with van der Waals surface area (Å²) in [6.45, 7) is 4.37. The van der Waals surface area contributed by atoms with E-state index in [-0.39, 0.29) is 6.79 Å². The highest BCUT2D eigenvalue weighted by Crippen LogP contribution is 2.34. The van der Waals surface area contributed by atoms with Gasteiger partial charge in [-0.2, -0.15) is 0 Å². The van der Waals surface area contributed by atoms with Gasteiger partial charge < -0.3 is 20.1 Å². The smallest absolute Gasteiger partial charge is 0.231 e. The van der Waals surface area contributed by atoms with Crippen LogP contribution < -0.4 is 20.1 Å². The van der Waals surface area contributed by atoms with Crippen LogP contribution in [0, 0.1) is 13.8 Å². The topological polar surface area (TPSA) is 42.5 Å². The predicted octanol–water partition coefficient (Wildman–Crippen LogP) is 3.84. The summed E-state index contributed by atoms with van der Waals surface area (Å²) in [5.41, 5.74) is 4.21. The Morgan fingerprint density at radius 3 is 2.67 bits per heavy atom. The van der Waals surface area contributed by atoms with Gasteiger partial charge >= 0.3 is 0 Å². The summed E-state index contributed by atoms with van der Waals surface area (Å²) in [5, 5.41) is 6.91. The molecule has 0 amide bonds. The zero-order valence-corrected chi connectivity index (χ0v) is 12.7. The van der Waals surface area contributed by atoms with E-state index in [4.69, 9.17) is 21.7 Å². The molecular formula is C16H16N2O2S. The summed E-state index contributed by atoms with van der Waals surface area (Å²) < 4.78 is 10.6. The minimum absolute atomic E-state index is 0.268. The molecule has 0 saturated heterocycles. The summed E-state index contributed by atoms with van der Waals surface area (Å²) in [4.78, 5) is 0. The maximum Gasteiger partial charge on any atom is 0.231 e. The molecule has 21 heavy (non-hydrogen) atoms. The maximum atomic E-state index is 5.35. The van der Waals surface area contributed by atoms with E-state index in [0.29, 0.717) is 5.11 Å². The van der Waals surface area contributed by atoms with Crippen LogP contribution in [0.2, 0.25) is 0 Å². The highest BCUT2D eigenvalue weighted by molar-refractivity contribution is 7.80. The average molecular weight is 300 g/mol. The van der Waals surface area contributed by atoms with E-state index in [0.717, 1.165) is 28.4 Å². The minimum Gasteiger partial charge on any atom is -0.454 e. The summed E-state index contributed by atoms with van der Waals surface area (Å²) in [5.74, 6) is 1.49. The molecule has 2 N–H and O–H groups in total. The number of rotatable bonds is 2. The van der Waals surface area contributed by atoms with E-state index < -0.39 is 0 Å². The van der Waals surface area contributed by atoms with Crippen LogP contribution in [0.4, 0.5) is 11.4 Å². The van der Waals surface area contributed by atoms with Gasteiger partial charge in [0, 0.05) is 17.4 Å². The van der Waals surface area contributed by atoms with Gasteiger partial charge in [-0.1, -0.05) is 12.1 Å². The molecule has 1 aliphatic heterocycles. The Balaban J connectivity index is 1.70. The molecule has 0 aromatic heterocycles. The Kier molecular flexibility index (Phi) is 3.66. The van der Waals surface area contributed by atoms with Crippen LogP contribution in [-0.4, -0.2) is 11.9 Å². The van der Waals surface area contributed by atoms with Crippen molar-refractivity contribution in [1.82, 2.24) is 0 Å². The third-order valence-electron chi connectivity index (χ3n) is 3.27. The second-order valence-electron chi connectivity index (χ2n) is 4.97. The molecule has 5 heteroatoms. The van der Waals surface area contributed by atoms with Gasteiger partial charge in [-0.25, -0.2) is 0 Å². The van der Waals surface area contributed by atoms with Crippen molar-refractivity contribution in [1.29, 1.82) is 0 Å². The Hall–Kier alpha value is -2.27. The third-order valence-corrected chi connectivity index (χ3v) is 3.48. The quantitative estimate of drug-likeness (QED) is 0.825. The molecule has 2 aromatic carbocycles. The molecule has 0 spiro atoms. The fourth-order valence-corrected chi connectivity index (χ4v) is 2.36. The van der Waals surface area contributed by atoms with Gasteiger partial charge in [0.2, 0.25) is 6.79 Å². The highest BCUT2D eigenvalue weighted by Gasteiger charge is 2.13. The normalized spacial score (nSPS) is 12.1. The van der Waals surface area contributed by atoms with Crippen LogP contribution in [0.3, 0.4) is 0 Å². The first-order valence-corrected chi connectivity index (χ1v) is 7.07. The van der Waals surface area contributed by atoms with Crippen LogP contribution in [0.15, 0.2) is 36.4 Å². The Labute approximate surface area is 129 Å². The SMILES string of the molecule is Cc1ccc(C)c(NC(=S)Nc2ccc3c(c2)OCO3)c1. The lowest BCUT2D eigenvalue weighted by Gasteiger charge is -2.13. The van der Waals surface area contributed by atoms with Gasteiger partial charge in [-0.05, 0) is 55.4 Å². The van der Waals surface area contributed by atoms with E-state index in [9.17, 15) is 0 Å². The summed E-state index contributed by atoms with van der Waals surface area (Å²) in [7, 11) is 0. The molecule has 108 valence electrons. The molecule has 0 saturated carbocycles. The monoisotopic (exact) mass is 300 g/mol. The molecular weight excluding hydrogens is 284 g/mol. The lowest BCUT2D eigenvalue weighted by atomic mass is 10.1. The van der Waals surface area contributed by atoms with Crippen LogP contribution in [0.1, 0.15) is 11.1 Å². The van der Waals surface area contributed by atoms with Gasteiger partial charge in [0.25, 0.3) is 0 Å². The average Bonchev–Trinajstić information content (AvgIpc) is 2.90. The molecule has 0 radical (unpaired) electrons. The lowest BCUT2D eigenvalue weighted by molar-refractivity contribution is 0.174. The van der Waals surface area contributed by atoms with Gasteiger partial charge in [0.15, 0.2) is 16.6 Å². The zero-order chi connectivity index (χ0) is 14.8. The zero-order valence-electron chi connectivity index (χ0n) is 11.9. The van der Waals surface area contributed by atoms with Crippen LogP contribution in [-0.2, 0) is 0 Å². The second kappa shape index (κ2) is 5.61. The highest BCUT2D eigenvalue weighted by atomic mass is 32.1. The van der Waals surface area contributed by atoms with Crippen molar-refractivity contribution < 1.29 is 9.47 Å². The number of anilines is 2. The van der Waals surface area contributed by atoms with E-state index in [1.54, 1.807) is 0 Å². The number of hydrogen-bond donors (Lipinski definition) is 2. The Morgan fingerprint density at radius 1 is 1.00 bits per heavy atom. The summed E-state index contributed by atoms with van der Waals surface area (Å²) >= 11 is 5.35. The van der Waals surface area contributed by atoms with E-state index in [2.05, 4.69) is 35.8 Å². The van der Waals surface area contributed by atoms with Crippen LogP contribution in [0.25, 0.3) is 0 Å². The number of hydrogen-bond acceptors (Lipinski definition) is 3. The Morgan fingerprint density at radius 2 is 1.81 bits per heavy atom. The second-order valence-corrected chi connectivity index (χ2v) is 5.37. The van der Waals surface area contributed by atoms with Crippen molar-refractivity contribution in [3.63, 3.8) is 0 Å². The molecule has 1 aliphatic rings. The van der Waals surface area contributed by atoms with Crippen molar-refractivity contribution in [3.05, 3.63) is 47.5 Å².